The molecule has 0 saturated carbocycles. The van der Waals surface area contributed by atoms with E-state index in [0.29, 0.717) is 36.7 Å². The molecule has 2 rings (SSSR count). The van der Waals surface area contributed by atoms with Gasteiger partial charge < -0.3 is 0 Å². The third-order valence-electron chi connectivity index (χ3n) is 2.52. The van der Waals surface area contributed by atoms with Crippen molar-refractivity contribution in [2.45, 2.75) is 25.8 Å². The van der Waals surface area contributed by atoms with Crippen molar-refractivity contribution < 1.29 is 4.79 Å². The smallest absolute Gasteiger partial charge is 0.257 e. The van der Waals surface area contributed by atoms with Crippen molar-refractivity contribution in [3.8, 4) is 0 Å². The second-order valence-electron chi connectivity index (χ2n) is 3.53. The molecule has 1 aliphatic rings. The molecule has 0 radical (unpaired) electrons. The first-order chi connectivity index (χ1) is 7.24. The number of aromatic nitrogens is 2. The van der Waals surface area contributed by atoms with Crippen LogP contribution in [0, 0.1) is 0 Å². The van der Waals surface area contributed by atoms with Gasteiger partial charge in [0.2, 0.25) is 0 Å². The number of hydrogen-bond acceptors (Lipinski definition) is 3. The lowest BCUT2D eigenvalue weighted by Gasteiger charge is -2.16. The first-order valence-electron chi connectivity index (χ1n) is 4.92. The molecular formula is C10H11ClN2O2. The van der Waals surface area contributed by atoms with Crippen LogP contribution in [-0.2, 0) is 13.0 Å². The number of Topliss-reactive ketones (excluding diaryl/α,β-unsaturated/α-hetero) is 1. The molecule has 5 heteroatoms. The van der Waals surface area contributed by atoms with E-state index in [1.54, 1.807) is 0 Å². The highest BCUT2D eigenvalue weighted by Crippen LogP contribution is 2.10. The van der Waals surface area contributed by atoms with Crippen LogP contribution >= 0.6 is 11.6 Å². The standard InChI is InChI=1S/C10H11ClN2O2/c11-4-3-7-6-12-9-8(14)2-1-5-13(9)10(7)15/h6H,1-5H2. The van der Waals surface area contributed by atoms with Crippen molar-refractivity contribution in [2.24, 2.45) is 0 Å². The average molecular weight is 227 g/mol. The molecule has 4 nitrogen and oxygen atoms in total. The molecule has 0 atom stereocenters. The lowest BCUT2D eigenvalue weighted by atomic mass is 10.1. The van der Waals surface area contributed by atoms with Crippen molar-refractivity contribution in [1.29, 1.82) is 0 Å². The minimum absolute atomic E-state index is 0.0456. The van der Waals surface area contributed by atoms with Gasteiger partial charge in [-0.15, -0.1) is 11.6 Å². The molecule has 0 amide bonds. The van der Waals surface area contributed by atoms with Gasteiger partial charge in [0.1, 0.15) is 0 Å². The fourth-order valence-corrected chi connectivity index (χ4v) is 1.95. The normalized spacial score (nSPS) is 15.1. The Labute approximate surface area is 91.9 Å². The maximum atomic E-state index is 11.9. The highest BCUT2D eigenvalue weighted by atomic mass is 35.5. The Hall–Kier alpha value is -1.16. The molecule has 0 spiro atoms. The first kappa shape index (κ1) is 10.4. The van der Waals surface area contributed by atoms with Crippen molar-refractivity contribution in [3.05, 3.63) is 27.9 Å². The Balaban J connectivity index is 2.52. The van der Waals surface area contributed by atoms with Crippen LogP contribution < -0.4 is 5.56 Å². The summed E-state index contributed by atoms with van der Waals surface area (Å²) in [5.74, 6) is 0.643. The van der Waals surface area contributed by atoms with Gasteiger partial charge in [0.05, 0.1) is 0 Å². The monoisotopic (exact) mass is 226 g/mol. The van der Waals surface area contributed by atoms with E-state index < -0.39 is 0 Å². The second kappa shape index (κ2) is 4.14. The minimum atomic E-state index is -0.117. The highest BCUT2D eigenvalue weighted by molar-refractivity contribution is 6.17. The van der Waals surface area contributed by atoms with E-state index in [1.165, 1.54) is 10.8 Å². The predicted octanol–water partition coefficient (Wildman–Crippen LogP) is 1.00. The van der Waals surface area contributed by atoms with Gasteiger partial charge in [-0.05, 0) is 12.8 Å². The molecule has 0 saturated heterocycles. The Morgan fingerprint density at radius 3 is 3.00 bits per heavy atom. The molecule has 1 aliphatic heterocycles. The molecule has 0 aromatic carbocycles. The molecule has 80 valence electrons. The van der Waals surface area contributed by atoms with Crippen LogP contribution in [0.3, 0.4) is 0 Å². The van der Waals surface area contributed by atoms with Crippen molar-refractivity contribution >= 4 is 17.4 Å². The number of hydrogen-bond donors (Lipinski definition) is 0. The van der Waals surface area contributed by atoms with E-state index in [4.69, 9.17) is 11.6 Å². The zero-order chi connectivity index (χ0) is 10.8. The maximum Gasteiger partial charge on any atom is 0.257 e. The third-order valence-corrected chi connectivity index (χ3v) is 2.71. The number of alkyl halides is 1. The topological polar surface area (TPSA) is 52.0 Å². The lowest BCUT2D eigenvalue weighted by molar-refractivity contribution is 0.0945. The molecule has 2 heterocycles. The van der Waals surface area contributed by atoms with Gasteiger partial charge in [-0.25, -0.2) is 4.98 Å². The molecule has 1 aromatic rings. The zero-order valence-electron chi connectivity index (χ0n) is 8.20. The quantitative estimate of drug-likeness (QED) is 0.707. The van der Waals surface area contributed by atoms with E-state index in [9.17, 15) is 9.59 Å². The summed E-state index contributed by atoms with van der Waals surface area (Å²) < 4.78 is 1.47. The summed E-state index contributed by atoms with van der Waals surface area (Å²) in [7, 11) is 0. The molecule has 1 aromatic heterocycles. The van der Waals surface area contributed by atoms with Gasteiger partial charge >= 0.3 is 0 Å². The van der Waals surface area contributed by atoms with Crippen molar-refractivity contribution in [3.63, 3.8) is 0 Å². The molecule has 0 fully saturated rings. The summed E-state index contributed by atoms with van der Waals surface area (Å²) in [6.45, 7) is 0.586. The Morgan fingerprint density at radius 1 is 1.47 bits per heavy atom. The van der Waals surface area contributed by atoms with Gasteiger partial charge in [0, 0.05) is 30.6 Å². The molecule has 0 bridgehead atoms. The third kappa shape index (κ3) is 1.81. The minimum Gasteiger partial charge on any atom is -0.291 e. The summed E-state index contributed by atoms with van der Waals surface area (Å²) in [6.07, 6.45) is 3.18. The van der Waals surface area contributed by atoms with Gasteiger partial charge in [-0.3, -0.25) is 14.2 Å². The first-order valence-corrected chi connectivity index (χ1v) is 5.45. The van der Waals surface area contributed by atoms with Crippen LogP contribution in [0.1, 0.15) is 29.0 Å². The number of aryl methyl sites for hydroxylation is 1. The number of carbonyl (C=O) groups excluding carboxylic acids is 1. The Bertz CT molecular complexity index is 453. The highest BCUT2D eigenvalue weighted by Gasteiger charge is 2.20. The van der Waals surface area contributed by atoms with E-state index in [-0.39, 0.29) is 11.3 Å². The number of rotatable bonds is 2. The van der Waals surface area contributed by atoms with Gasteiger partial charge in [-0.1, -0.05) is 0 Å². The van der Waals surface area contributed by atoms with Crippen molar-refractivity contribution in [1.82, 2.24) is 9.55 Å². The van der Waals surface area contributed by atoms with Crippen molar-refractivity contribution in [2.75, 3.05) is 5.88 Å². The SMILES string of the molecule is O=C1CCCn2c1ncc(CCCl)c2=O. The summed E-state index contributed by atoms with van der Waals surface area (Å²) in [5, 5.41) is 0. The summed E-state index contributed by atoms with van der Waals surface area (Å²) >= 11 is 5.58. The van der Waals surface area contributed by atoms with Gasteiger partial charge in [0.25, 0.3) is 5.56 Å². The second-order valence-corrected chi connectivity index (χ2v) is 3.91. The lowest BCUT2D eigenvalue weighted by Crippen LogP contribution is -2.33. The Morgan fingerprint density at radius 2 is 2.27 bits per heavy atom. The fraction of sp³-hybridized carbons (Fsp3) is 0.500. The van der Waals surface area contributed by atoms with Crippen LogP contribution in [0.15, 0.2) is 11.0 Å². The van der Waals surface area contributed by atoms with E-state index in [2.05, 4.69) is 4.98 Å². The van der Waals surface area contributed by atoms with E-state index in [0.717, 1.165) is 6.42 Å². The van der Waals surface area contributed by atoms with Crippen LogP contribution in [-0.4, -0.2) is 21.2 Å². The number of ketones is 1. The molecule has 0 aliphatic carbocycles. The van der Waals surface area contributed by atoms with Crippen LogP contribution in [0.25, 0.3) is 0 Å². The Kier molecular flexibility index (Phi) is 2.86. The number of carbonyl (C=O) groups is 1. The number of fused-ring (bicyclic) bond motifs is 1. The zero-order valence-corrected chi connectivity index (χ0v) is 8.96. The summed E-state index contributed by atoms with van der Waals surface area (Å²) in [6, 6.07) is 0. The summed E-state index contributed by atoms with van der Waals surface area (Å²) in [4.78, 5) is 27.4. The van der Waals surface area contributed by atoms with E-state index in [1.807, 2.05) is 0 Å². The van der Waals surface area contributed by atoms with E-state index >= 15 is 0 Å². The largest absolute Gasteiger partial charge is 0.291 e. The maximum absolute atomic E-state index is 11.9. The van der Waals surface area contributed by atoms with Crippen LogP contribution in [0.5, 0.6) is 0 Å². The van der Waals surface area contributed by atoms with Gasteiger partial charge in [0.15, 0.2) is 11.6 Å². The molecule has 15 heavy (non-hydrogen) atoms. The molecule has 0 unspecified atom stereocenters. The molecular weight excluding hydrogens is 216 g/mol. The number of halogens is 1. The van der Waals surface area contributed by atoms with Gasteiger partial charge in [-0.2, -0.15) is 0 Å². The number of nitrogens with zero attached hydrogens (tertiary/aromatic N) is 2. The van der Waals surface area contributed by atoms with Crippen LogP contribution in [0.4, 0.5) is 0 Å². The average Bonchev–Trinajstić information content (AvgIpc) is 2.23. The fourth-order valence-electron chi connectivity index (χ4n) is 1.75. The molecule has 0 N–H and O–H groups in total. The summed E-state index contributed by atoms with van der Waals surface area (Å²) in [5.41, 5.74) is 0.470. The predicted molar refractivity (Wildman–Crippen MR) is 56.5 cm³/mol. The van der Waals surface area contributed by atoms with Crippen LogP contribution in [0.2, 0.25) is 0 Å².